The number of esters is 1. The number of carbonyl (C=O) groups is 1. The largest absolute Gasteiger partial charge is 0.497 e. The van der Waals surface area contributed by atoms with Gasteiger partial charge in [0.05, 0.1) is 24.9 Å². The van der Waals surface area contributed by atoms with Gasteiger partial charge in [0.1, 0.15) is 5.75 Å². The summed E-state index contributed by atoms with van der Waals surface area (Å²) in [6, 6.07) is 26.8. The third-order valence-corrected chi connectivity index (χ3v) is 5.26. The minimum atomic E-state index is -0.521. The zero-order valence-electron chi connectivity index (χ0n) is 19.7. The maximum Gasteiger partial charge on any atom is 0.313 e. The molecule has 0 fully saturated rings. The summed E-state index contributed by atoms with van der Waals surface area (Å²) < 4.78 is 10.7. The molecule has 3 aromatic carbocycles. The predicted molar refractivity (Wildman–Crippen MR) is 139 cm³/mol. The van der Waals surface area contributed by atoms with Crippen LogP contribution in [0.25, 0.3) is 11.3 Å². The standard InChI is InChI=1S/C27H26N6O3/c1-35-20-13-11-18(12-14-20)21(28)17-26(34)36-24-10-6-5-9-23(24)30-27(29)31-25-16-15-22(32-33-25)19-7-3-2-4-8-19/h2-16,21H,17,28H2,1H3,(H3,29,30,31,33). The molecule has 1 unspecified atom stereocenters. The van der Waals surface area contributed by atoms with Crippen LogP contribution in [0.15, 0.2) is 96.0 Å². The molecule has 9 nitrogen and oxygen atoms in total. The first-order chi connectivity index (χ1) is 17.5. The predicted octanol–water partition coefficient (Wildman–Crippen LogP) is 4.21. The average Bonchev–Trinajstić information content (AvgIpc) is 2.90. The molecule has 0 saturated heterocycles. The van der Waals surface area contributed by atoms with Gasteiger partial charge < -0.3 is 26.3 Å². The van der Waals surface area contributed by atoms with E-state index < -0.39 is 12.0 Å². The van der Waals surface area contributed by atoms with Crippen molar-refractivity contribution in [2.75, 3.05) is 12.4 Å². The van der Waals surface area contributed by atoms with E-state index in [1.54, 1.807) is 49.6 Å². The van der Waals surface area contributed by atoms with Crippen molar-refractivity contribution < 1.29 is 14.3 Å². The van der Waals surface area contributed by atoms with Crippen LogP contribution in [0.1, 0.15) is 18.0 Å². The molecule has 1 aromatic heterocycles. The van der Waals surface area contributed by atoms with Crippen LogP contribution in [0.3, 0.4) is 0 Å². The summed E-state index contributed by atoms with van der Waals surface area (Å²) in [7, 11) is 1.59. The lowest BCUT2D eigenvalue weighted by molar-refractivity contribution is -0.134. The summed E-state index contributed by atoms with van der Waals surface area (Å²) in [6.07, 6.45) is -0.00636. The lowest BCUT2D eigenvalue weighted by atomic mass is 10.0. The van der Waals surface area contributed by atoms with Gasteiger partial charge in [0, 0.05) is 11.6 Å². The number of nitrogens with one attached hydrogen (secondary N) is 1. The van der Waals surface area contributed by atoms with Crippen LogP contribution in [0.2, 0.25) is 0 Å². The van der Waals surface area contributed by atoms with Crippen molar-refractivity contribution >= 4 is 23.4 Å². The molecule has 0 amide bonds. The fraction of sp³-hybridized carbons (Fsp3) is 0.111. The van der Waals surface area contributed by atoms with Gasteiger partial charge >= 0.3 is 5.97 Å². The van der Waals surface area contributed by atoms with Crippen molar-refractivity contribution in [1.82, 2.24) is 10.2 Å². The van der Waals surface area contributed by atoms with Crippen LogP contribution in [0.4, 0.5) is 11.5 Å². The van der Waals surface area contributed by atoms with Crippen LogP contribution in [-0.4, -0.2) is 29.2 Å². The highest BCUT2D eigenvalue weighted by atomic mass is 16.5. The number of nitrogens with two attached hydrogens (primary N) is 2. The number of aromatic nitrogens is 2. The summed E-state index contributed by atoms with van der Waals surface area (Å²) in [5.41, 5.74) is 15.2. The number of aliphatic imine (C=N–C) groups is 1. The summed E-state index contributed by atoms with van der Waals surface area (Å²) in [5, 5.41) is 11.3. The van der Waals surface area contributed by atoms with Crippen LogP contribution >= 0.6 is 0 Å². The Hall–Kier alpha value is -4.76. The molecule has 0 saturated carbocycles. The van der Waals surface area contributed by atoms with Gasteiger partial charge in [-0.15, -0.1) is 10.2 Å². The molecule has 1 atom stereocenters. The highest BCUT2D eigenvalue weighted by molar-refractivity contribution is 5.95. The number of carbonyl (C=O) groups excluding carboxylic acids is 1. The first-order valence-electron chi connectivity index (χ1n) is 11.2. The van der Waals surface area contributed by atoms with Gasteiger partial charge in [0.25, 0.3) is 0 Å². The van der Waals surface area contributed by atoms with Crippen LogP contribution in [-0.2, 0) is 4.79 Å². The molecule has 5 N–H and O–H groups in total. The Morgan fingerprint density at radius 2 is 1.67 bits per heavy atom. The second-order valence-electron chi connectivity index (χ2n) is 7.82. The molecule has 0 aliphatic heterocycles. The van der Waals surface area contributed by atoms with E-state index >= 15 is 0 Å². The van der Waals surface area contributed by atoms with Crippen molar-refractivity contribution in [2.45, 2.75) is 12.5 Å². The van der Waals surface area contributed by atoms with Crippen molar-refractivity contribution in [2.24, 2.45) is 16.5 Å². The number of guanidine groups is 1. The highest BCUT2D eigenvalue weighted by Gasteiger charge is 2.16. The lowest BCUT2D eigenvalue weighted by Crippen LogP contribution is -2.23. The van der Waals surface area contributed by atoms with Crippen LogP contribution in [0, 0.1) is 0 Å². The van der Waals surface area contributed by atoms with Gasteiger partial charge in [-0.25, -0.2) is 0 Å². The number of rotatable bonds is 8. The fourth-order valence-electron chi connectivity index (χ4n) is 3.41. The number of anilines is 1. The van der Waals surface area contributed by atoms with E-state index in [9.17, 15) is 4.79 Å². The van der Waals surface area contributed by atoms with E-state index in [1.807, 2.05) is 48.5 Å². The molecule has 4 aromatic rings. The summed E-state index contributed by atoms with van der Waals surface area (Å²) in [6.45, 7) is 0. The Balaban J connectivity index is 1.39. The van der Waals surface area contributed by atoms with Gasteiger partial charge in [-0.2, -0.15) is 4.99 Å². The second kappa shape index (κ2) is 11.6. The summed E-state index contributed by atoms with van der Waals surface area (Å²) in [4.78, 5) is 16.8. The molecule has 9 heteroatoms. The molecular weight excluding hydrogens is 456 g/mol. The molecule has 0 aliphatic rings. The highest BCUT2D eigenvalue weighted by Crippen LogP contribution is 2.26. The molecule has 1 heterocycles. The molecule has 0 aliphatic carbocycles. The first-order valence-corrected chi connectivity index (χ1v) is 11.2. The Bertz CT molecular complexity index is 1330. The van der Waals surface area contributed by atoms with Gasteiger partial charge in [-0.3, -0.25) is 4.79 Å². The van der Waals surface area contributed by atoms with Gasteiger partial charge in [-0.1, -0.05) is 54.6 Å². The second-order valence-corrected chi connectivity index (χ2v) is 7.82. The van der Waals surface area contributed by atoms with E-state index in [0.717, 1.165) is 16.8 Å². The minimum Gasteiger partial charge on any atom is -0.497 e. The summed E-state index contributed by atoms with van der Waals surface area (Å²) >= 11 is 0. The van der Waals surface area contributed by atoms with Crippen molar-refractivity contribution in [3.05, 3.63) is 96.6 Å². The number of hydrogen-bond acceptors (Lipinski definition) is 7. The van der Waals surface area contributed by atoms with E-state index in [4.69, 9.17) is 20.9 Å². The quantitative estimate of drug-likeness (QED) is 0.147. The summed E-state index contributed by atoms with van der Waals surface area (Å²) in [5.74, 6) is 0.930. The Morgan fingerprint density at radius 3 is 2.36 bits per heavy atom. The number of para-hydroxylation sites is 2. The Morgan fingerprint density at radius 1 is 0.944 bits per heavy atom. The molecule has 0 spiro atoms. The number of hydrogen-bond donors (Lipinski definition) is 3. The SMILES string of the molecule is COc1ccc(C(N)CC(=O)Oc2ccccc2NC(N)=Nc2ccc(-c3ccccc3)nn2)cc1. The molecule has 4 rings (SSSR count). The number of ether oxygens (including phenoxy) is 2. The maximum absolute atomic E-state index is 12.6. The molecule has 0 radical (unpaired) electrons. The van der Waals surface area contributed by atoms with E-state index in [2.05, 4.69) is 20.5 Å². The van der Waals surface area contributed by atoms with E-state index in [1.165, 1.54) is 0 Å². The average molecular weight is 483 g/mol. The van der Waals surface area contributed by atoms with E-state index in [-0.39, 0.29) is 12.4 Å². The molecule has 36 heavy (non-hydrogen) atoms. The third kappa shape index (κ3) is 6.43. The number of nitrogens with zero attached hydrogens (tertiary/aromatic N) is 3. The number of benzene rings is 3. The van der Waals surface area contributed by atoms with E-state index in [0.29, 0.717) is 23.0 Å². The third-order valence-electron chi connectivity index (χ3n) is 5.26. The molecule has 0 bridgehead atoms. The normalized spacial score (nSPS) is 12.0. The lowest BCUT2D eigenvalue weighted by Gasteiger charge is -2.14. The first kappa shape index (κ1) is 24.4. The Labute approximate surface area is 208 Å². The van der Waals surface area contributed by atoms with Crippen molar-refractivity contribution in [1.29, 1.82) is 0 Å². The maximum atomic E-state index is 12.6. The smallest absolute Gasteiger partial charge is 0.313 e. The van der Waals surface area contributed by atoms with Gasteiger partial charge in [-0.05, 0) is 42.0 Å². The zero-order chi connectivity index (χ0) is 25.3. The topological polar surface area (TPSA) is 138 Å². The molecular formula is C27H26N6O3. The van der Waals surface area contributed by atoms with Crippen molar-refractivity contribution in [3.63, 3.8) is 0 Å². The molecule has 182 valence electrons. The van der Waals surface area contributed by atoms with Crippen molar-refractivity contribution in [3.8, 4) is 22.8 Å². The van der Waals surface area contributed by atoms with Gasteiger partial charge in [0.15, 0.2) is 17.5 Å². The fourth-order valence-corrected chi connectivity index (χ4v) is 3.41. The van der Waals surface area contributed by atoms with Crippen LogP contribution in [0.5, 0.6) is 11.5 Å². The minimum absolute atomic E-state index is 0.00636. The monoisotopic (exact) mass is 482 g/mol. The zero-order valence-corrected chi connectivity index (χ0v) is 19.7. The Kier molecular flexibility index (Phi) is 7.84. The van der Waals surface area contributed by atoms with Crippen LogP contribution < -0.4 is 26.3 Å². The number of methoxy groups -OCH3 is 1. The van der Waals surface area contributed by atoms with Gasteiger partial charge in [0.2, 0.25) is 0 Å².